The highest BCUT2D eigenvalue weighted by atomic mass is 16.5. The summed E-state index contributed by atoms with van der Waals surface area (Å²) in [5.74, 6) is 0.474. The van der Waals surface area contributed by atoms with E-state index in [1.54, 1.807) is 13.1 Å². The highest BCUT2D eigenvalue weighted by molar-refractivity contribution is 5.94. The first-order valence-corrected chi connectivity index (χ1v) is 5.64. The summed E-state index contributed by atoms with van der Waals surface area (Å²) in [4.78, 5) is 11.7. The van der Waals surface area contributed by atoms with Crippen LogP contribution >= 0.6 is 0 Å². The van der Waals surface area contributed by atoms with Crippen molar-refractivity contribution in [3.8, 4) is 0 Å². The molecule has 0 radical (unpaired) electrons. The van der Waals surface area contributed by atoms with Crippen molar-refractivity contribution in [3.05, 3.63) is 11.8 Å². The van der Waals surface area contributed by atoms with Crippen LogP contribution in [-0.2, 0) is 4.74 Å². The van der Waals surface area contributed by atoms with Crippen molar-refractivity contribution in [2.24, 2.45) is 0 Å². The lowest BCUT2D eigenvalue weighted by molar-refractivity contribution is 0.0527. The van der Waals surface area contributed by atoms with E-state index in [1.165, 1.54) is 0 Å². The van der Waals surface area contributed by atoms with Crippen LogP contribution in [0.25, 0.3) is 0 Å². The largest absolute Gasteiger partial charge is 0.462 e. The van der Waals surface area contributed by atoms with Crippen molar-refractivity contribution in [1.29, 1.82) is 0 Å². The van der Waals surface area contributed by atoms with E-state index < -0.39 is 0 Å². The lowest BCUT2D eigenvalue weighted by atomic mass is 10.1. The van der Waals surface area contributed by atoms with E-state index in [1.807, 2.05) is 4.68 Å². The lowest BCUT2D eigenvalue weighted by Gasteiger charge is -2.28. The van der Waals surface area contributed by atoms with Gasteiger partial charge in [-0.05, 0) is 27.2 Å². The van der Waals surface area contributed by atoms with E-state index in [9.17, 15) is 4.79 Å². The fourth-order valence-corrected chi connectivity index (χ4v) is 2.10. The summed E-state index contributed by atoms with van der Waals surface area (Å²) >= 11 is 0. The minimum absolute atomic E-state index is 0.308. The Morgan fingerprint density at radius 3 is 3.12 bits per heavy atom. The molecule has 1 aromatic rings. The van der Waals surface area contributed by atoms with Crippen LogP contribution in [0.4, 0.5) is 5.82 Å². The predicted octanol–water partition coefficient (Wildman–Crippen LogP) is 1.82. The summed E-state index contributed by atoms with van der Waals surface area (Å²) in [7, 11) is 0. The predicted molar refractivity (Wildman–Crippen MR) is 60.6 cm³/mol. The molecule has 2 heterocycles. The minimum Gasteiger partial charge on any atom is -0.462 e. The second-order valence-corrected chi connectivity index (χ2v) is 4.20. The first-order chi connectivity index (χ1) is 7.63. The van der Waals surface area contributed by atoms with Gasteiger partial charge in [-0.3, -0.25) is 0 Å². The van der Waals surface area contributed by atoms with Gasteiger partial charge in [-0.1, -0.05) is 0 Å². The van der Waals surface area contributed by atoms with E-state index in [0.29, 0.717) is 24.3 Å². The fraction of sp³-hybridized carbons (Fsp3) is 0.636. The molecule has 0 spiro atoms. The molecular formula is C11H17N3O2. The molecule has 0 saturated heterocycles. The van der Waals surface area contributed by atoms with Gasteiger partial charge in [0, 0.05) is 6.04 Å². The van der Waals surface area contributed by atoms with Gasteiger partial charge in [-0.25, -0.2) is 9.48 Å². The number of aromatic nitrogens is 2. The Kier molecular flexibility index (Phi) is 2.85. The molecule has 0 fully saturated rings. The lowest BCUT2D eigenvalue weighted by Crippen LogP contribution is -2.29. The standard InChI is InChI=1S/C11H17N3O2/c1-4-16-11(15)9-6-12-14-8(3)5-7(2)13-10(9)14/h6-8,13H,4-5H2,1-3H3. The highest BCUT2D eigenvalue weighted by Crippen LogP contribution is 2.29. The van der Waals surface area contributed by atoms with Crippen LogP contribution in [0.5, 0.6) is 0 Å². The maximum Gasteiger partial charge on any atom is 0.343 e. The molecule has 0 saturated carbocycles. The van der Waals surface area contributed by atoms with Crippen LogP contribution < -0.4 is 5.32 Å². The van der Waals surface area contributed by atoms with E-state index >= 15 is 0 Å². The van der Waals surface area contributed by atoms with Gasteiger partial charge >= 0.3 is 5.97 Å². The van der Waals surface area contributed by atoms with Crippen LogP contribution in [0.1, 0.15) is 43.6 Å². The normalized spacial score (nSPS) is 23.4. The minimum atomic E-state index is -0.308. The molecule has 5 nitrogen and oxygen atoms in total. The number of rotatable bonds is 2. The third-order valence-corrected chi connectivity index (χ3v) is 2.79. The summed E-state index contributed by atoms with van der Waals surface area (Å²) in [6.45, 7) is 6.38. The summed E-state index contributed by atoms with van der Waals surface area (Å²) in [6.07, 6.45) is 2.59. The van der Waals surface area contributed by atoms with Gasteiger partial charge in [0.1, 0.15) is 11.4 Å². The third kappa shape index (κ3) is 1.77. The maximum atomic E-state index is 11.7. The number of carbonyl (C=O) groups excluding carboxylic acids is 1. The van der Waals surface area contributed by atoms with Crippen molar-refractivity contribution >= 4 is 11.8 Å². The number of fused-ring (bicyclic) bond motifs is 1. The monoisotopic (exact) mass is 223 g/mol. The zero-order chi connectivity index (χ0) is 11.7. The van der Waals surface area contributed by atoms with Gasteiger partial charge in [0.15, 0.2) is 0 Å². The van der Waals surface area contributed by atoms with E-state index in [-0.39, 0.29) is 5.97 Å². The fourth-order valence-electron chi connectivity index (χ4n) is 2.10. The van der Waals surface area contributed by atoms with Crippen molar-refractivity contribution in [2.45, 2.75) is 39.3 Å². The number of ether oxygens (including phenoxy) is 1. The van der Waals surface area contributed by atoms with Gasteiger partial charge in [0.25, 0.3) is 0 Å². The number of anilines is 1. The van der Waals surface area contributed by atoms with Gasteiger partial charge in [0.05, 0.1) is 18.8 Å². The molecule has 1 N–H and O–H groups in total. The summed E-state index contributed by atoms with van der Waals surface area (Å²) in [6, 6.07) is 0.668. The van der Waals surface area contributed by atoms with E-state index in [4.69, 9.17) is 4.74 Å². The topological polar surface area (TPSA) is 56.1 Å². The molecule has 0 bridgehead atoms. The molecule has 1 aliphatic rings. The number of carbonyl (C=O) groups is 1. The molecule has 0 aromatic carbocycles. The number of nitrogens with one attached hydrogen (secondary N) is 1. The molecule has 5 heteroatoms. The smallest absolute Gasteiger partial charge is 0.343 e. The van der Waals surface area contributed by atoms with E-state index in [0.717, 1.165) is 12.2 Å². The summed E-state index contributed by atoms with van der Waals surface area (Å²) in [5.41, 5.74) is 0.528. The van der Waals surface area contributed by atoms with Gasteiger partial charge < -0.3 is 10.1 Å². The molecule has 0 amide bonds. The van der Waals surface area contributed by atoms with Crippen LogP contribution in [0.3, 0.4) is 0 Å². The van der Waals surface area contributed by atoms with Gasteiger partial charge in [-0.2, -0.15) is 5.10 Å². The van der Waals surface area contributed by atoms with Gasteiger partial charge in [-0.15, -0.1) is 0 Å². The van der Waals surface area contributed by atoms with Crippen LogP contribution in [-0.4, -0.2) is 28.4 Å². The molecule has 2 unspecified atom stereocenters. The Balaban J connectivity index is 2.32. The van der Waals surface area contributed by atoms with Crippen LogP contribution in [0.2, 0.25) is 0 Å². The Morgan fingerprint density at radius 1 is 1.69 bits per heavy atom. The molecule has 2 rings (SSSR count). The molecule has 1 aliphatic heterocycles. The van der Waals surface area contributed by atoms with Crippen LogP contribution in [0.15, 0.2) is 6.20 Å². The van der Waals surface area contributed by atoms with Crippen molar-refractivity contribution in [1.82, 2.24) is 9.78 Å². The molecule has 2 atom stereocenters. The second kappa shape index (κ2) is 4.15. The first-order valence-electron chi connectivity index (χ1n) is 5.64. The first kappa shape index (κ1) is 11.0. The Morgan fingerprint density at radius 2 is 2.44 bits per heavy atom. The average molecular weight is 223 g/mol. The average Bonchev–Trinajstić information content (AvgIpc) is 2.61. The van der Waals surface area contributed by atoms with Crippen molar-refractivity contribution in [3.63, 3.8) is 0 Å². The highest BCUT2D eigenvalue weighted by Gasteiger charge is 2.27. The molecule has 0 aliphatic carbocycles. The number of esters is 1. The maximum absolute atomic E-state index is 11.7. The third-order valence-electron chi connectivity index (χ3n) is 2.79. The summed E-state index contributed by atoms with van der Waals surface area (Å²) < 4.78 is 6.84. The molecule has 88 valence electrons. The van der Waals surface area contributed by atoms with Crippen molar-refractivity contribution < 1.29 is 9.53 Å². The van der Waals surface area contributed by atoms with E-state index in [2.05, 4.69) is 24.3 Å². The number of hydrogen-bond donors (Lipinski definition) is 1. The van der Waals surface area contributed by atoms with Crippen LogP contribution in [0, 0.1) is 0 Å². The Bertz CT molecular complexity index is 400. The molecule has 16 heavy (non-hydrogen) atoms. The Hall–Kier alpha value is -1.52. The van der Waals surface area contributed by atoms with Crippen molar-refractivity contribution in [2.75, 3.05) is 11.9 Å². The number of hydrogen-bond acceptors (Lipinski definition) is 4. The number of nitrogens with zero attached hydrogens (tertiary/aromatic N) is 2. The molecule has 1 aromatic heterocycles. The SMILES string of the molecule is CCOC(=O)c1cnn2c1NC(C)CC2C. The van der Waals surface area contributed by atoms with Gasteiger partial charge in [0.2, 0.25) is 0 Å². The Labute approximate surface area is 94.8 Å². The molecular weight excluding hydrogens is 206 g/mol. The second-order valence-electron chi connectivity index (χ2n) is 4.20. The quantitative estimate of drug-likeness (QED) is 0.777. The zero-order valence-electron chi connectivity index (χ0n) is 9.86. The summed E-state index contributed by atoms with van der Waals surface area (Å²) in [5, 5.41) is 7.51. The zero-order valence-corrected chi connectivity index (χ0v) is 9.86.